The Morgan fingerprint density at radius 2 is 1.94 bits per heavy atom. The van der Waals surface area contributed by atoms with Crippen LogP contribution in [0, 0.1) is 11.8 Å². The van der Waals surface area contributed by atoms with E-state index in [-0.39, 0.29) is 23.8 Å². The summed E-state index contributed by atoms with van der Waals surface area (Å²) in [6, 6.07) is 0.289. The predicted molar refractivity (Wildman–Crippen MR) is 62.1 cm³/mol. The van der Waals surface area contributed by atoms with Crippen LogP contribution >= 0.6 is 0 Å². The number of nitrogens with one attached hydrogen (secondary N) is 2. The minimum Gasteiger partial charge on any atom is -0.312 e. The summed E-state index contributed by atoms with van der Waals surface area (Å²) in [6.07, 6.45) is 0. The van der Waals surface area contributed by atoms with E-state index in [1.165, 1.54) is 0 Å². The molecular weight excluding hydrogens is 206 g/mol. The van der Waals surface area contributed by atoms with E-state index in [2.05, 4.69) is 15.6 Å². The highest BCUT2D eigenvalue weighted by Crippen LogP contribution is 2.15. The number of hydrogen-bond acceptors (Lipinski definition) is 3. The van der Waals surface area contributed by atoms with Crippen LogP contribution in [0.4, 0.5) is 0 Å². The highest BCUT2D eigenvalue weighted by molar-refractivity contribution is 6.16. The quantitative estimate of drug-likeness (QED) is 0.676. The van der Waals surface area contributed by atoms with Gasteiger partial charge in [-0.2, -0.15) is 4.99 Å². The Kier molecular flexibility index (Phi) is 4.18. The normalized spacial score (nSPS) is 21.4. The molecule has 5 nitrogen and oxygen atoms in total. The Labute approximate surface area is 95.7 Å². The molecule has 1 atom stereocenters. The fraction of sp³-hybridized carbons (Fsp3) is 0.727. The van der Waals surface area contributed by atoms with Gasteiger partial charge in [0.15, 0.2) is 0 Å². The monoisotopic (exact) mass is 225 g/mol. The molecular formula is C11H19N3O2. The summed E-state index contributed by atoms with van der Waals surface area (Å²) in [4.78, 5) is 27.2. The minimum absolute atomic E-state index is 0.0177. The molecule has 5 heteroatoms. The van der Waals surface area contributed by atoms with Gasteiger partial charge in [-0.1, -0.05) is 27.7 Å². The maximum absolute atomic E-state index is 11.7. The lowest BCUT2D eigenvalue weighted by Crippen LogP contribution is -2.49. The molecule has 1 aliphatic heterocycles. The van der Waals surface area contributed by atoms with Gasteiger partial charge in [-0.3, -0.25) is 9.59 Å². The first-order valence-corrected chi connectivity index (χ1v) is 5.57. The third-order valence-corrected chi connectivity index (χ3v) is 2.41. The van der Waals surface area contributed by atoms with Crippen molar-refractivity contribution in [1.82, 2.24) is 10.6 Å². The van der Waals surface area contributed by atoms with E-state index in [1.807, 2.05) is 27.7 Å². The molecule has 0 radical (unpaired) electrons. The molecule has 2 amide bonds. The van der Waals surface area contributed by atoms with Crippen molar-refractivity contribution in [3.63, 3.8) is 0 Å². The van der Waals surface area contributed by atoms with Gasteiger partial charge >= 0.3 is 0 Å². The summed E-state index contributed by atoms with van der Waals surface area (Å²) >= 11 is 0. The first kappa shape index (κ1) is 12.8. The van der Waals surface area contributed by atoms with Gasteiger partial charge in [0.1, 0.15) is 11.8 Å². The number of amidine groups is 1. The van der Waals surface area contributed by atoms with Crippen molar-refractivity contribution in [2.45, 2.75) is 33.7 Å². The molecule has 1 aliphatic rings. The molecule has 0 aromatic heterocycles. The zero-order valence-corrected chi connectivity index (χ0v) is 10.2. The van der Waals surface area contributed by atoms with Crippen molar-refractivity contribution in [3.05, 3.63) is 0 Å². The van der Waals surface area contributed by atoms with Gasteiger partial charge in [0.2, 0.25) is 5.91 Å². The number of nitrogens with zero attached hydrogens (tertiary/aromatic N) is 1. The van der Waals surface area contributed by atoms with E-state index < -0.39 is 5.92 Å². The average Bonchev–Trinajstić information content (AvgIpc) is 2.12. The van der Waals surface area contributed by atoms with E-state index >= 15 is 0 Å². The van der Waals surface area contributed by atoms with Crippen LogP contribution in [-0.4, -0.2) is 30.2 Å². The summed E-state index contributed by atoms with van der Waals surface area (Å²) < 4.78 is 0. The number of carbonyl (C=O) groups is 2. The SMILES string of the molecule is CC(C)NCC1=NC(=O)C(C(C)C)C(=O)N1. The van der Waals surface area contributed by atoms with Crippen LogP contribution in [0.15, 0.2) is 4.99 Å². The largest absolute Gasteiger partial charge is 0.312 e. The Hall–Kier alpha value is -1.23. The zero-order valence-electron chi connectivity index (χ0n) is 10.2. The predicted octanol–water partition coefficient (Wildman–Crippen LogP) is 0.311. The van der Waals surface area contributed by atoms with Crippen LogP contribution in [0.3, 0.4) is 0 Å². The summed E-state index contributed by atoms with van der Waals surface area (Å²) in [5, 5.41) is 5.76. The smallest absolute Gasteiger partial charge is 0.260 e. The molecule has 1 heterocycles. The topological polar surface area (TPSA) is 70.6 Å². The molecule has 0 aromatic rings. The molecule has 0 saturated heterocycles. The zero-order chi connectivity index (χ0) is 12.3. The first-order valence-electron chi connectivity index (χ1n) is 5.57. The Bertz CT molecular complexity index is 321. The standard InChI is InChI=1S/C11H19N3O2/c1-6(2)9-10(15)13-8(14-11(9)16)5-12-7(3)4/h6-7,9,12H,5H2,1-4H3,(H,13,14,15,16). The lowest BCUT2D eigenvalue weighted by atomic mass is 9.93. The highest BCUT2D eigenvalue weighted by atomic mass is 16.2. The third-order valence-electron chi connectivity index (χ3n) is 2.41. The van der Waals surface area contributed by atoms with Gasteiger partial charge in [-0.25, -0.2) is 0 Å². The highest BCUT2D eigenvalue weighted by Gasteiger charge is 2.33. The van der Waals surface area contributed by atoms with Crippen molar-refractivity contribution in [2.24, 2.45) is 16.8 Å². The molecule has 0 aliphatic carbocycles. The minimum atomic E-state index is -0.636. The summed E-state index contributed by atoms with van der Waals surface area (Å²) in [5.74, 6) is -0.811. The molecule has 1 unspecified atom stereocenters. The number of hydrogen-bond donors (Lipinski definition) is 2. The second-order valence-electron chi connectivity index (χ2n) is 4.64. The Morgan fingerprint density at radius 3 is 2.38 bits per heavy atom. The summed E-state index contributed by atoms with van der Waals surface area (Å²) in [5.41, 5.74) is 0. The van der Waals surface area contributed by atoms with Crippen molar-refractivity contribution in [3.8, 4) is 0 Å². The molecule has 2 N–H and O–H groups in total. The van der Waals surface area contributed by atoms with Gasteiger partial charge in [-0.15, -0.1) is 0 Å². The van der Waals surface area contributed by atoms with Gasteiger partial charge in [-0.05, 0) is 5.92 Å². The molecule has 0 bridgehead atoms. The molecule has 90 valence electrons. The van der Waals surface area contributed by atoms with Crippen molar-refractivity contribution < 1.29 is 9.59 Å². The second-order valence-corrected chi connectivity index (χ2v) is 4.64. The van der Waals surface area contributed by atoms with E-state index in [0.717, 1.165) is 0 Å². The van der Waals surface area contributed by atoms with Gasteiger partial charge in [0.05, 0.1) is 6.54 Å². The van der Waals surface area contributed by atoms with Crippen LogP contribution in [0.2, 0.25) is 0 Å². The van der Waals surface area contributed by atoms with Crippen molar-refractivity contribution in [2.75, 3.05) is 6.54 Å². The molecule has 0 saturated carbocycles. The number of carbonyl (C=O) groups excluding carboxylic acids is 2. The van der Waals surface area contributed by atoms with E-state index in [4.69, 9.17) is 0 Å². The summed E-state index contributed by atoms with van der Waals surface area (Å²) in [6.45, 7) is 8.08. The van der Waals surface area contributed by atoms with Gasteiger partial charge in [0.25, 0.3) is 5.91 Å². The van der Waals surface area contributed by atoms with Crippen LogP contribution in [0.25, 0.3) is 0 Å². The molecule has 1 rings (SSSR count). The first-order chi connectivity index (χ1) is 7.41. The Balaban J connectivity index is 2.68. The van der Waals surface area contributed by atoms with Crippen molar-refractivity contribution in [1.29, 1.82) is 0 Å². The van der Waals surface area contributed by atoms with Gasteiger partial charge < -0.3 is 10.6 Å². The summed E-state index contributed by atoms with van der Waals surface area (Å²) in [7, 11) is 0. The van der Waals surface area contributed by atoms with Crippen LogP contribution in [-0.2, 0) is 9.59 Å². The van der Waals surface area contributed by atoms with E-state index in [1.54, 1.807) is 0 Å². The maximum Gasteiger partial charge on any atom is 0.260 e. The second kappa shape index (κ2) is 5.21. The third kappa shape index (κ3) is 3.13. The van der Waals surface area contributed by atoms with E-state index in [0.29, 0.717) is 12.4 Å². The van der Waals surface area contributed by atoms with E-state index in [9.17, 15) is 9.59 Å². The fourth-order valence-electron chi connectivity index (χ4n) is 1.54. The van der Waals surface area contributed by atoms with Crippen molar-refractivity contribution >= 4 is 17.6 Å². The maximum atomic E-state index is 11.7. The van der Waals surface area contributed by atoms with Crippen LogP contribution in [0.1, 0.15) is 27.7 Å². The number of amides is 2. The van der Waals surface area contributed by atoms with Gasteiger partial charge in [0, 0.05) is 6.04 Å². The molecule has 0 aromatic carbocycles. The average molecular weight is 225 g/mol. The van der Waals surface area contributed by atoms with Crippen LogP contribution in [0.5, 0.6) is 0 Å². The lowest BCUT2D eigenvalue weighted by Gasteiger charge is -2.23. The molecule has 16 heavy (non-hydrogen) atoms. The number of aliphatic imine (C=N–C) groups is 1. The fourth-order valence-corrected chi connectivity index (χ4v) is 1.54. The molecule has 0 spiro atoms. The van der Waals surface area contributed by atoms with Crippen LogP contribution < -0.4 is 10.6 Å². The molecule has 0 fully saturated rings. The lowest BCUT2D eigenvalue weighted by molar-refractivity contribution is -0.135. The number of rotatable bonds is 4. The Morgan fingerprint density at radius 1 is 1.31 bits per heavy atom.